The van der Waals surface area contributed by atoms with Crippen LogP contribution >= 0.6 is 45.2 Å². The van der Waals surface area contributed by atoms with Crippen LogP contribution in [-0.2, 0) is 0 Å². The van der Waals surface area contributed by atoms with Crippen molar-refractivity contribution in [1.82, 2.24) is 0 Å². The molecule has 0 bridgehead atoms. The van der Waals surface area contributed by atoms with Crippen LogP contribution in [0.3, 0.4) is 0 Å². The molecule has 0 heterocycles. The fourth-order valence-electron chi connectivity index (χ4n) is 1.44. The molecule has 0 spiro atoms. The lowest BCUT2D eigenvalue weighted by molar-refractivity contribution is -0.383. The lowest BCUT2D eigenvalue weighted by Gasteiger charge is -2.03. The minimum atomic E-state index is -0.333. The first-order valence-corrected chi connectivity index (χ1v) is 6.28. The van der Waals surface area contributed by atoms with Gasteiger partial charge in [0.2, 0.25) is 0 Å². The molecule has 0 amide bonds. The lowest BCUT2D eigenvalue weighted by atomic mass is 10.1. The fourth-order valence-corrected chi connectivity index (χ4v) is 2.65. The van der Waals surface area contributed by atoms with Crippen molar-refractivity contribution < 1.29 is 4.92 Å². The van der Waals surface area contributed by atoms with E-state index in [1.54, 1.807) is 12.1 Å². The van der Waals surface area contributed by atoms with Crippen LogP contribution in [0, 0.1) is 17.3 Å². The Morgan fingerprint density at radius 3 is 2.33 bits per heavy atom. The Bertz CT molecular complexity index is 554. The smallest absolute Gasteiger partial charge is 0.258 e. The number of hydrogen-bond donors (Lipinski definition) is 0. The molecule has 0 aliphatic heterocycles. The van der Waals surface area contributed by atoms with Crippen LogP contribution in [0.4, 0.5) is 5.69 Å². The van der Waals surface area contributed by atoms with Crippen LogP contribution in [-0.4, -0.2) is 4.92 Å². The zero-order valence-corrected chi connectivity index (χ0v) is 11.7. The summed E-state index contributed by atoms with van der Waals surface area (Å²) in [5.74, 6) is 0. The molecule has 2 aromatic carbocycles. The molecular formula is C10H5I2NO2. The van der Waals surface area contributed by atoms with Gasteiger partial charge in [-0.1, -0.05) is 18.2 Å². The van der Waals surface area contributed by atoms with E-state index >= 15 is 0 Å². The van der Waals surface area contributed by atoms with E-state index < -0.39 is 0 Å². The number of nitrogens with zero attached hydrogens (tertiary/aromatic N) is 1. The second kappa shape index (κ2) is 4.20. The number of fused-ring (bicyclic) bond motifs is 1. The average molecular weight is 425 g/mol. The summed E-state index contributed by atoms with van der Waals surface area (Å²) in [5.41, 5.74) is 0.176. The quantitative estimate of drug-likeness (QED) is 0.395. The van der Waals surface area contributed by atoms with Crippen molar-refractivity contribution in [2.24, 2.45) is 0 Å². The summed E-state index contributed by atoms with van der Waals surface area (Å²) in [5, 5.41) is 12.5. The summed E-state index contributed by atoms with van der Waals surface area (Å²) in [6, 6.07) is 9.02. The van der Waals surface area contributed by atoms with E-state index in [1.165, 1.54) is 0 Å². The molecule has 0 saturated heterocycles. The first-order valence-electron chi connectivity index (χ1n) is 4.12. The Hall–Kier alpha value is -0.440. The molecule has 0 aromatic heterocycles. The molecular weight excluding hydrogens is 420 g/mol. The van der Waals surface area contributed by atoms with Crippen molar-refractivity contribution >= 4 is 61.6 Å². The average Bonchev–Trinajstić information content (AvgIpc) is 2.23. The molecule has 0 N–H and O–H groups in total. The maximum atomic E-state index is 10.9. The highest BCUT2D eigenvalue weighted by Gasteiger charge is 2.15. The van der Waals surface area contributed by atoms with Gasteiger partial charge in [0.15, 0.2) is 0 Å². The molecule has 0 aliphatic carbocycles. The normalized spacial score (nSPS) is 10.5. The van der Waals surface area contributed by atoms with Crippen LogP contribution in [0.15, 0.2) is 30.3 Å². The Morgan fingerprint density at radius 1 is 1.13 bits per heavy atom. The molecule has 2 rings (SSSR count). The molecule has 0 unspecified atom stereocenters. The summed E-state index contributed by atoms with van der Waals surface area (Å²) in [6.07, 6.45) is 0. The predicted octanol–water partition coefficient (Wildman–Crippen LogP) is 3.96. The van der Waals surface area contributed by atoms with E-state index in [0.717, 1.165) is 12.5 Å². The minimum Gasteiger partial charge on any atom is -0.258 e. The Kier molecular flexibility index (Phi) is 3.10. The molecule has 0 fully saturated rings. The van der Waals surface area contributed by atoms with Gasteiger partial charge in [-0.25, -0.2) is 0 Å². The molecule has 2 aromatic rings. The van der Waals surface area contributed by atoms with Crippen LogP contribution in [0.5, 0.6) is 0 Å². The van der Waals surface area contributed by atoms with E-state index in [4.69, 9.17) is 0 Å². The largest absolute Gasteiger partial charge is 0.278 e. The zero-order chi connectivity index (χ0) is 11.0. The monoisotopic (exact) mass is 425 g/mol. The highest BCUT2D eigenvalue weighted by atomic mass is 127. The third kappa shape index (κ3) is 1.94. The third-order valence-electron chi connectivity index (χ3n) is 2.11. The SMILES string of the molecule is O=[N+]([O-])c1cc(I)c(I)c2ccccc12. The van der Waals surface area contributed by atoms with Crippen molar-refractivity contribution in [2.45, 2.75) is 0 Å². The van der Waals surface area contributed by atoms with Gasteiger partial charge in [-0.2, -0.15) is 0 Å². The second-order valence-corrected chi connectivity index (χ2v) is 5.24. The van der Waals surface area contributed by atoms with Crippen LogP contribution in [0.1, 0.15) is 0 Å². The third-order valence-corrected chi connectivity index (χ3v) is 5.15. The lowest BCUT2D eigenvalue weighted by Crippen LogP contribution is -1.93. The number of rotatable bonds is 1. The zero-order valence-electron chi connectivity index (χ0n) is 7.41. The molecule has 5 heteroatoms. The molecule has 3 nitrogen and oxygen atoms in total. The first kappa shape index (κ1) is 11.1. The van der Waals surface area contributed by atoms with E-state index in [2.05, 4.69) is 45.2 Å². The number of hydrogen-bond acceptors (Lipinski definition) is 2. The van der Waals surface area contributed by atoms with Gasteiger partial charge in [0.05, 0.1) is 10.3 Å². The van der Waals surface area contributed by atoms with Gasteiger partial charge < -0.3 is 0 Å². The highest BCUT2D eigenvalue weighted by Crippen LogP contribution is 2.32. The molecule has 0 saturated carbocycles. The van der Waals surface area contributed by atoms with E-state index in [9.17, 15) is 10.1 Å². The van der Waals surface area contributed by atoms with Crippen molar-refractivity contribution in [3.63, 3.8) is 0 Å². The summed E-state index contributed by atoms with van der Waals surface area (Å²) in [4.78, 5) is 10.5. The second-order valence-electron chi connectivity index (χ2n) is 2.99. The summed E-state index contributed by atoms with van der Waals surface area (Å²) in [7, 11) is 0. The molecule has 0 radical (unpaired) electrons. The summed E-state index contributed by atoms with van der Waals surface area (Å²) < 4.78 is 1.98. The Labute approximate surface area is 113 Å². The number of halogens is 2. The fraction of sp³-hybridized carbons (Fsp3) is 0. The van der Waals surface area contributed by atoms with Crippen LogP contribution < -0.4 is 0 Å². The van der Waals surface area contributed by atoms with Gasteiger partial charge in [-0.15, -0.1) is 0 Å². The Balaban J connectivity index is 2.94. The highest BCUT2D eigenvalue weighted by molar-refractivity contribution is 14.1. The molecule has 0 aliphatic rings. The van der Waals surface area contributed by atoms with E-state index in [1.807, 2.05) is 18.2 Å². The number of nitro groups is 1. The van der Waals surface area contributed by atoms with Gasteiger partial charge in [0.25, 0.3) is 5.69 Å². The van der Waals surface area contributed by atoms with Crippen LogP contribution in [0.25, 0.3) is 10.8 Å². The van der Waals surface area contributed by atoms with Gasteiger partial charge in [-0.3, -0.25) is 10.1 Å². The van der Waals surface area contributed by atoms with Crippen molar-refractivity contribution in [3.05, 3.63) is 47.6 Å². The van der Waals surface area contributed by atoms with Gasteiger partial charge in [0.1, 0.15) is 0 Å². The maximum absolute atomic E-state index is 10.9. The first-order chi connectivity index (χ1) is 7.11. The standard InChI is InChI=1S/C10H5I2NO2/c11-8-5-9(13(14)15)6-3-1-2-4-7(6)10(8)12/h1-5H. The maximum Gasteiger partial charge on any atom is 0.278 e. The molecule has 15 heavy (non-hydrogen) atoms. The van der Waals surface area contributed by atoms with Crippen LogP contribution in [0.2, 0.25) is 0 Å². The van der Waals surface area contributed by atoms with E-state index in [-0.39, 0.29) is 10.6 Å². The van der Waals surface area contributed by atoms with Crippen molar-refractivity contribution in [3.8, 4) is 0 Å². The Morgan fingerprint density at radius 2 is 1.73 bits per heavy atom. The minimum absolute atomic E-state index is 0.176. The topological polar surface area (TPSA) is 43.1 Å². The summed E-state index contributed by atoms with van der Waals surface area (Å²) >= 11 is 4.33. The molecule has 76 valence electrons. The van der Waals surface area contributed by atoms with E-state index in [0.29, 0.717) is 5.39 Å². The van der Waals surface area contributed by atoms with Gasteiger partial charge in [-0.05, 0) is 51.2 Å². The van der Waals surface area contributed by atoms with Crippen molar-refractivity contribution in [1.29, 1.82) is 0 Å². The number of benzene rings is 2. The predicted molar refractivity (Wildman–Crippen MR) is 76.0 cm³/mol. The van der Waals surface area contributed by atoms with Gasteiger partial charge in [0, 0.05) is 18.6 Å². The van der Waals surface area contributed by atoms with Gasteiger partial charge >= 0.3 is 0 Å². The summed E-state index contributed by atoms with van der Waals surface area (Å²) in [6.45, 7) is 0. The van der Waals surface area contributed by atoms with Crippen molar-refractivity contribution in [2.75, 3.05) is 0 Å². The number of nitro benzene ring substituents is 1. The molecule has 0 atom stereocenters. The number of non-ortho nitro benzene ring substituents is 1.